The van der Waals surface area contributed by atoms with E-state index in [9.17, 15) is 30.6 Å². The number of hydrogen-bond acceptors (Lipinski definition) is 12. The Bertz CT molecular complexity index is 716. The summed E-state index contributed by atoms with van der Waals surface area (Å²) in [5, 5.41) is 69.3. The Labute approximate surface area is 171 Å². The average Bonchev–Trinajstić information content (AvgIpc) is 3.03. The summed E-state index contributed by atoms with van der Waals surface area (Å²) < 4.78 is 26.4. The lowest BCUT2D eigenvalue weighted by molar-refractivity contribution is -0.289. The highest BCUT2D eigenvalue weighted by atomic mass is 16.7. The quantitative estimate of drug-likeness (QED) is 0.231. The van der Waals surface area contributed by atoms with Crippen molar-refractivity contribution in [2.45, 2.75) is 48.7 Å². The van der Waals surface area contributed by atoms with Crippen LogP contribution in [0.5, 0.6) is 17.2 Å². The first-order valence-corrected chi connectivity index (χ1v) is 9.18. The zero-order valence-electron chi connectivity index (χ0n) is 16.1. The molecule has 1 aromatic rings. The maximum absolute atomic E-state index is 10.2. The van der Waals surface area contributed by atoms with Crippen LogP contribution >= 0.6 is 0 Å². The monoisotopic (exact) mass is 434 g/mol. The smallest absolute Gasteiger partial charge is 0.229 e. The molecule has 8 atom stereocenters. The van der Waals surface area contributed by atoms with Crippen molar-refractivity contribution in [3.63, 3.8) is 0 Å². The Hall–Kier alpha value is -1.74. The van der Waals surface area contributed by atoms with Gasteiger partial charge in [-0.2, -0.15) is 0 Å². The minimum Gasteiger partial charge on any atom is -0.504 e. The molecule has 7 N–H and O–H groups in total. The molecule has 0 saturated carbocycles. The molecule has 2 fully saturated rings. The van der Waals surface area contributed by atoms with Gasteiger partial charge >= 0.3 is 0 Å². The summed E-state index contributed by atoms with van der Waals surface area (Å²) in [4.78, 5) is 0. The van der Waals surface area contributed by atoms with E-state index in [0.29, 0.717) is 0 Å². The summed E-state index contributed by atoms with van der Waals surface area (Å²) in [5.41, 5.74) is -1.88. The van der Waals surface area contributed by atoms with E-state index in [1.165, 1.54) is 25.3 Å². The summed E-state index contributed by atoms with van der Waals surface area (Å²) in [5.74, 6) is 0.135. The fourth-order valence-electron chi connectivity index (χ4n) is 3.14. The van der Waals surface area contributed by atoms with Gasteiger partial charge in [0.1, 0.15) is 41.9 Å². The number of aromatic hydroxyl groups is 1. The number of benzene rings is 1. The topological polar surface area (TPSA) is 188 Å². The summed E-state index contributed by atoms with van der Waals surface area (Å²) in [6.45, 7) is -1.50. The molecule has 0 bridgehead atoms. The molecule has 30 heavy (non-hydrogen) atoms. The molecular weight excluding hydrogens is 408 g/mol. The predicted octanol–water partition coefficient (Wildman–Crippen LogP) is -2.96. The van der Waals surface area contributed by atoms with E-state index in [2.05, 4.69) is 0 Å². The molecule has 12 heteroatoms. The Kier molecular flexibility index (Phi) is 7.02. The van der Waals surface area contributed by atoms with Crippen molar-refractivity contribution in [2.75, 3.05) is 26.9 Å². The van der Waals surface area contributed by atoms with Gasteiger partial charge < -0.3 is 59.4 Å². The summed E-state index contributed by atoms with van der Waals surface area (Å²) in [7, 11) is 1.34. The Morgan fingerprint density at radius 1 is 1.10 bits per heavy atom. The third-order valence-electron chi connectivity index (χ3n) is 5.08. The van der Waals surface area contributed by atoms with Crippen LogP contribution in [0.25, 0.3) is 0 Å². The van der Waals surface area contributed by atoms with Crippen LogP contribution in [0.4, 0.5) is 0 Å². The number of aliphatic hydroxyl groups excluding tert-OH is 5. The normalized spacial score (nSPS) is 39.1. The Morgan fingerprint density at radius 2 is 1.83 bits per heavy atom. The zero-order valence-corrected chi connectivity index (χ0v) is 16.1. The summed E-state index contributed by atoms with van der Waals surface area (Å²) in [6.07, 6.45) is -10.2. The van der Waals surface area contributed by atoms with E-state index in [0.717, 1.165) is 0 Å². The first-order valence-electron chi connectivity index (χ1n) is 9.18. The van der Waals surface area contributed by atoms with Crippen LogP contribution in [0, 0.1) is 0 Å². The van der Waals surface area contributed by atoms with Gasteiger partial charge in [-0.05, 0) is 12.1 Å². The van der Waals surface area contributed by atoms with Gasteiger partial charge in [0, 0.05) is 6.07 Å². The second kappa shape index (κ2) is 9.18. The van der Waals surface area contributed by atoms with Crippen LogP contribution in [0.1, 0.15) is 0 Å². The SMILES string of the molecule is COc1cc(OC2OC(COC3OCC(O)(CO)C3O)C(O)C(O)C2O)ccc1O. The first-order chi connectivity index (χ1) is 14.2. The fourth-order valence-corrected chi connectivity index (χ4v) is 3.14. The molecule has 8 unspecified atom stereocenters. The van der Waals surface area contributed by atoms with E-state index in [-0.39, 0.29) is 23.9 Å². The van der Waals surface area contributed by atoms with E-state index in [1.54, 1.807) is 0 Å². The van der Waals surface area contributed by atoms with Crippen LogP contribution in [-0.2, 0) is 14.2 Å². The van der Waals surface area contributed by atoms with E-state index < -0.39 is 61.9 Å². The number of hydrogen-bond donors (Lipinski definition) is 7. The van der Waals surface area contributed by atoms with Gasteiger partial charge in [-0.25, -0.2) is 0 Å². The molecule has 1 aromatic carbocycles. The highest BCUT2D eigenvalue weighted by Crippen LogP contribution is 2.32. The van der Waals surface area contributed by atoms with Crippen molar-refractivity contribution in [2.24, 2.45) is 0 Å². The number of rotatable bonds is 7. The number of methoxy groups -OCH3 is 1. The van der Waals surface area contributed by atoms with Crippen LogP contribution in [0.15, 0.2) is 18.2 Å². The zero-order chi connectivity index (χ0) is 22.1. The summed E-state index contributed by atoms with van der Waals surface area (Å²) in [6, 6.07) is 4.03. The Balaban J connectivity index is 1.65. The second-order valence-corrected chi connectivity index (χ2v) is 7.19. The molecule has 2 aliphatic rings. The van der Waals surface area contributed by atoms with Crippen LogP contribution < -0.4 is 9.47 Å². The Morgan fingerprint density at radius 3 is 2.47 bits per heavy atom. The molecule has 3 rings (SSSR count). The number of aliphatic hydroxyl groups is 6. The average molecular weight is 434 g/mol. The van der Waals surface area contributed by atoms with Gasteiger partial charge in [0.25, 0.3) is 0 Å². The molecule has 0 aromatic heterocycles. The van der Waals surface area contributed by atoms with Crippen molar-refractivity contribution in [1.29, 1.82) is 0 Å². The molecule has 2 saturated heterocycles. The molecule has 12 nitrogen and oxygen atoms in total. The highest BCUT2D eigenvalue weighted by molar-refractivity contribution is 5.44. The van der Waals surface area contributed by atoms with Crippen LogP contribution in [0.3, 0.4) is 0 Å². The lowest BCUT2D eigenvalue weighted by Gasteiger charge is -2.40. The molecule has 0 spiro atoms. The maximum atomic E-state index is 10.2. The molecule has 2 heterocycles. The van der Waals surface area contributed by atoms with E-state index in [4.69, 9.17) is 28.8 Å². The largest absolute Gasteiger partial charge is 0.504 e. The predicted molar refractivity (Wildman–Crippen MR) is 95.7 cm³/mol. The van der Waals surface area contributed by atoms with E-state index in [1.807, 2.05) is 0 Å². The minimum absolute atomic E-state index is 0.113. The van der Waals surface area contributed by atoms with Gasteiger partial charge in [-0.3, -0.25) is 0 Å². The molecule has 0 amide bonds. The third-order valence-corrected chi connectivity index (χ3v) is 5.08. The highest BCUT2D eigenvalue weighted by Gasteiger charge is 2.50. The van der Waals surface area contributed by atoms with Gasteiger partial charge in [-0.1, -0.05) is 0 Å². The molecule has 2 aliphatic heterocycles. The van der Waals surface area contributed by atoms with Gasteiger partial charge in [-0.15, -0.1) is 0 Å². The van der Waals surface area contributed by atoms with Crippen molar-refractivity contribution in [3.8, 4) is 17.2 Å². The summed E-state index contributed by atoms with van der Waals surface area (Å²) >= 11 is 0. The lowest BCUT2D eigenvalue weighted by Crippen LogP contribution is -2.60. The molecular formula is C18H26O12. The molecule has 0 radical (unpaired) electrons. The standard InChI is InChI=1S/C18H26O12/c1-26-10-4-8(2-3-9(10)20)29-16-14(23)13(22)12(21)11(30-16)5-27-17-15(24)18(25,6-19)7-28-17/h2-4,11-17,19-25H,5-7H2,1H3. The van der Waals surface area contributed by atoms with Gasteiger partial charge in [0.2, 0.25) is 6.29 Å². The number of phenolic OH excluding ortho intramolecular Hbond substituents is 1. The van der Waals surface area contributed by atoms with Gasteiger partial charge in [0.05, 0.1) is 26.9 Å². The van der Waals surface area contributed by atoms with Crippen LogP contribution in [-0.4, -0.2) is 111 Å². The molecule has 170 valence electrons. The van der Waals surface area contributed by atoms with Gasteiger partial charge in [0.15, 0.2) is 17.8 Å². The first kappa shape index (κ1) is 22.9. The number of ether oxygens (including phenoxy) is 5. The fraction of sp³-hybridized carbons (Fsp3) is 0.667. The maximum Gasteiger partial charge on any atom is 0.229 e. The van der Waals surface area contributed by atoms with Crippen molar-refractivity contribution in [1.82, 2.24) is 0 Å². The van der Waals surface area contributed by atoms with E-state index >= 15 is 0 Å². The van der Waals surface area contributed by atoms with Crippen LogP contribution in [0.2, 0.25) is 0 Å². The van der Waals surface area contributed by atoms with Crippen molar-refractivity contribution in [3.05, 3.63) is 18.2 Å². The minimum atomic E-state index is -1.88. The lowest BCUT2D eigenvalue weighted by atomic mass is 9.99. The third kappa shape index (κ3) is 4.46. The second-order valence-electron chi connectivity index (χ2n) is 7.19. The van der Waals surface area contributed by atoms with Crippen molar-refractivity contribution >= 4 is 0 Å². The molecule has 0 aliphatic carbocycles. The number of phenols is 1. The van der Waals surface area contributed by atoms with Crippen molar-refractivity contribution < 1.29 is 59.4 Å².